The van der Waals surface area contributed by atoms with E-state index in [4.69, 9.17) is 14.6 Å². The lowest BCUT2D eigenvalue weighted by Crippen LogP contribution is -2.15. The third-order valence-corrected chi connectivity index (χ3v) is 3.90. The molecule has 0 fully saturated rings. The van der Waals surface area contributed by atoms with Gasteiger partial charge in [0.05, 0.1) is 20.1 Å². The maximum atomic E-state index is 11.9. The number of aliphatic carboxylic acids is 1. The van der Waals surface area contributed by atoms with Gasteiger partial charge < -0.3 is 14.6 Å². The second-order valence-electron chi connectivity index (χ2n) is 4.04. The smallest absolute Gasteiger partial charge is 0.310 e. The van der Waals surface area contributed by atoms with Gasteiger partial charge in [0.15, 0.2) is 9.84 Å². The summed E-state index contributed by atoms with van der Waals surface area (Å²) in [6.07, 6.45) is 1.00. The minimum absolute atomic E-state index is 0.0943. The second kappa shape index (κ2) is 5.48. The van der Waals surface area contributed by atoms with Gasteiger partial charge in [-0.1, -0.05) is 0 Å². The van der Waals surface area contributed by atoms with Gasteiger partial charge in [-0.15, -0.1) is 0 Å². The molecule has 19 heavy (non-hydrogen) atoms. The summed E-state index contributed by atoms with van der Waals surface area (Å²) in [6.45, 7) is 1.40. The van der Waals surface area contributed by atoms with E-state index in [0.29, 0.717) is 0 Å². The number of ether oxygens (including phenoxy) is 2. The molecular weight excluding hydrogens is 272 g/mol. The van der Waals surface area contributed by atoms with Gasteiger partial charge in [-0.05, 0) is 19.1 Å². The first-order valence-electron chi connectivity index (χ1n) is 5.41. The number of hydrogen-bond donors (Lipinski definition) is 1. The quantitative estimate of drug-likeness (QED) is 0.878. The van der Waals surface area contributed by atoms with Crippen molar-refractivity contribution in [2.45, 2.75) is 17.7 Å². The number of carbonyl (C=O) groups is 1. The summed E-state index contributed by atoms with van der Waals surface area (Å²) in [5, 5.41) is 9.12. The zero-order valence-corrected chi connectivity index (χ0v) is 11.9. The summed E-state index contributed by atoms with van der Waals surface area (Å²) in [6, 6.07) is 2.93. The fourth-order valence-electron chi connectivity index (χ4n) is 1.82. The fourth-order valence-corrected chi connectivity index (χ4v) is 3.01. The minimum atomic E-state index is -3.66. The number of rotatable bonds is 5. The number of carboxylic acid groups (broad SMARTS) is 1. The van der Waals surface area contributed by atoms with E-state index in [0.717, 1.165) is 6.26 Å². The topological polar surface area (TPSA) is 89.9 Å². The molecule has 6 nitrogen and oxygen atoms in total. The number of carboxylic acids is 1. The average molecular weight is 288 g/mol. The first-order valence-corrected chi connectivity index (χ1v) is 7.30. The van der Waals surface area contributed by atoms with Crippen molar-refractivity contribution in [2.24, 2.45) is 0 Å². The SMILES string of the molecule is COc1ccc(OC)c(S(C)(=O)=O)c1C(C)C(=O)O. The zero-order valence-electron chi connectivity index (χ0n) is 11.1. The molecule has 0 saturated heterocycles. The minimum Gasteiger partial charge on any atom is -0.496 e. The van der Waals surface area contributed by atoms with E-state index < -0.39 is 21.7 Å². The number of sulfone groups is 1. The van der Waals surface area contributed by atoms with E-state index in [-0.39, 0.29) is 22.0 Å². The van der Waals surface area contributed by atoms with Crippen molar-refractivity contribution in [3.05, 3.63) is 17.7 Å². The van der Waals surface area contributed by atoms with E-state index in [1.54, 1.807) is 0 Å². The van der Waals surface area contributed by atoms with Crippen LogP contribution in [0.3, 0.4) is 0 Å². The maximum absolute atomic E-state index is 11.9. The Morgan fingerprint density at radius 3 is 2.05 bits per heavy atom. The van der Waals surface area contributed by atoms with E-state index in [1.807, 2.05) is 0 Å². The van der Waals surface area contributed by atoms with Crippen molar-refractivity contribution in [3.8, 4) is 11.5 Å². The molecule has 1 aromatic carbocycles. The van der Waals surface area contributed by atoms with E-state index in [1.165, 1.54) is 33.3 Å². The summed E-state index contributed by atoms with van der Waals surface area (Å²) in [4.78, 5) is 11.0. The molecule has 1 unspecified atom stereocenters. The molecule has 1 N–H and O–H groups in total. The molecule has 0 saturated carbocycles. The van der Waals surface area contributed by atoms with Crippen LogP contribution in [0.4, 0.5) is 0 Å². The molecule has 0 aliphatic heterocycles. The molecule has 0 heterocycles. The number of methoxy groups -OCH3 is 2. The van der Waals surface area contributed by atoms with Crippen molar-refractivity contribution in [1.82, 2.24) is 0 Å². The van der Waals surface area contributed by atoms with E-state index >= 15 is 0 Å². The molecule has 1 aromatic rings. The Labute approximate surface area is 111 Å². The molecule has 0 aliphatic rings. The molecule has 0 radical (unpaired) electrons. The second-order valence-corrected chi connectivity index (χ2v) is 6.00. The molecule has 1 atom stereocenters. The highest BCUT2D eigenvalue weighted by atomic mass is 32.2. The van der Waals surface area contributed by atoms with Crippen LogP contribution in [-0.2, 0) is 14.6 Å². The van der Waals surface area contributed by atoms with Gasteiger partial charge in [0, 0.05) is 11.8 Å². The Bertz CT molecular complexity index is 590. The Morgan fingerprint density at radius 2 is 1.68 bits per heavy atom. The first kappa shape index (κ1) is 15.3. The largest absolute Gasteiger partial charge is 0.496 e. The van der Waals surface area contributed by atoms with Crippen LogP contribution in [-0.4, -0.2) is 40.0 Å². The highest BCUT2D eigenvalue weighted by Gasteiger charge is 2.29. The monoisotopic (exact) mass is 288 g/mol. The van der Waals surface area contributed by atoms with Crippen LogP contribution in [0.15, 0.2) is 17.0 Å². The van der Waals surface area contributed by atoms with Gasteiger partial charge in [-0.2, -0.15) is 0 Å². The van der Waals surface area contributed by atoms with Crippen LogP contribution >= 0.6 is 0 Å². The summed E-state index contributed by atoms with van der Waals surface area (Å²) < 4.78 is 33.9. The highest BCUT2D eigenvalue weighted by Crippen LogP contribution is 2.38. The van der Waals surface area contributed by atoms with Gasteiger partial charge in [0.2, 0.25) is 0 Å². The Kier molecular flexibility index (Phi) is 4.41. The summed E-state index contributed by atoms with van der Waals surface area (Å²) in [5.41, 5.74) is 0.0943. The van der Waals surface area contributed by atoms with Gasteiger partial charge in [0.25, 0.3) is 0 Å². The summed E-state index contributed by atoms with van der Waals surface area (Å²) in [7, 11) is -0.977. The van der Waals surface area contributed by atoms with Crippen molar-refractivity contribution < 1.29 is 27.8 Å². The Balaban J connectivity index is 3.77. The van der Waals surface area contributed by atoms with Gasteiger partial charge in [0.1, 0.15) is 16.4 Å². The average Bonchev–Trinajstić information content (AvgIpc) is 2.34. The van der Waals surface area contributed by atoms with Crippen molar-refractivity contribution >= 4 is 15.8 Å². The van der Waals surface area contributed by atoms with Gasteiger partial charge >= 0.3 is 5.97 Å². The highest BCUT2D eigenvalue weighted by molar-refractivity contribution is 7.90. The molecule has 106 valence electrons. The van der Waals surface area contributed by atoms with Crippen molar-refractivity contribution in [1.29, 1.82) is 0 Å². The lowest BCUT2D eigenvalue weighted by Gasteiger charge is -2.18. The van der Waals surface area contributed by atoms with Gasteiger partial charge in [-0.25, -0.2) is 8.42 Å². The molecule has 0 bridgehead atoms. The van der Waals surface area contributed by atoms with Crippen LogP contribution < -0.4 is 9.47 Å². The molecule has 7 heteroatoms. The number of benzene rings is 1. The van der Waals surface area contributed by atoms with Crippen LogP contribution in [0, 0.1) is 0 Å². The van der Waals surface area contributed by atoms with Crippen molar-refractivity contribution in [2.75, 3.05) is 20.5 Å². The molecule has 1 rings (SSSR count). The molecule has 0 aliphatic carbocycles. The third-order valence-electron chi connectivity index (χ3n) is 2.73. The predicted molar refractivity (Wildman–Crippen MR) is 68.7 cm³/mol. The van der Waals surface area contributed by atoms with Crippen LogP contribution in [0.5, 0.6) is 11.5 Å². The molecule has 0 aromatic heterocycles. The molecular formula is C12H16O6S. The summed E-state index contributed by atoms with van der Waals surface area (Å²) >= 11 is 0. The Morgan fingerprint density at radius 1 is 1.21 bits per heavy atom. The maximum Gasteiger partial charge on any atom is 0.310 e. The summed E-state index contributed by atoms with van der Waals surface area (Å²) in [5.74, 6) is -1.87. The Hall–Kier alpha value is -1.76. The zero-order chi connectivity index (χ0) is 14.8. The fraction of sp³-hybridized carbons (Fsp3) is 0.417. The van der Waals surface area contributed by atoms with Crippen LogP contribution in [0.25, 0.3) is 0 Å². The number of hydrogen-bond acceptors (Lipinski definition) is 5. The van der Waals surface area contributed by atoms with Crippen LogP contribution in [0.2, 0.25) is 0 Å². The van der Waals surface area contributed by atoms with E-state index in [9.17, 15) is 13.2 Å². The normalized spacial score (nSPS) is 12.8. The van der Waals surface area contributed by atoms with Crippen molar-refractivity contribution in [3.63, 3.8) is 0 Å². The standard InChI is InChI=1S/C12H16O6S/c1-7(12(13)14)10-8(17-2)5-6-9(18-3)11(10)19(4,15)16/h5-7H,1-4H3,(H,13,14). The van der Waals surface area contributed by atoms with Gasteiger partial charge in [-0.3, -0.25) is 4.79 Å². The predicted octanol–water partition coefficient (Wildman–Crippen LogP) is 1.30. The lowest BCUT2D eigenvalue weighted by molar-refractivity contribution is -0.138. The van der Waals surface area contributed by atoms with E-state index in [2.05, 4.69) is 0 Å². The molecule has 0 amide bonds. The molecule has 0 spiro atoms. The lowest BCUT2D eigenvalue weighted by atomic mass is 10.00. The first-order chi connectivity index (χ1) is 8.73. The van der Waals surface area contributed by atoms with Crippen LogP contribution in [0.1, 0.15) is 18.4 Å². The third kappa shape index (κ3) is 2.98.